The standard InChI is InChI=1S/Al.K.Na.H4O4Si.5H/c;;;1-5(2,3)4;;;;;/h;;;1-4H;;;;;/q;2*+1;;;;;2*-1. The largest absolute Gasteiger partial charge is 1.00 e. The van der Waals surface area contributed by atoms with Crippen LogP contribution in [-0.2, 0) is 0 Å². The molecule has 0 aromatic carbocycles. The molecule has 4 nitrogen and oxygen atoms in total. The number of hydrogen-bond donors (Lipinski definition) is 4. The maximum Gasteiger partial charge on any atom is 1.00 e. The molecular weight excluding hydrogens is 181 g/mol. The van der Waals surface area contributed by atoms with Crippen molar-refractivity contribution in [3.8, 4) is 0 Å². The first kappa shape index (κ1) is 22.5. The van der Waals surface area contributed by atoms with Crippen molar-refractivity contribution in [3.05, 3.63) is 0 Å². The summed E-state index contributed by atoms with van der Waals surface area (Å²) in [5, 5.41) is 0. The van der Waals surface area contributed by atoms with Crippen LogP contribution in [0.4, 0.5) is 0 Å². The van der Waals surface area contributed by atoms with Gasteiger partial charge in [0.1, 0.15) is 0 Å². The Labute approximate surface area is 127 Å². The van der Waals surface area contributed by atoms with Crippen LogP contribution in [0, 0.1) is 0 Å². The Morgan fingerprint density at radius 2 is 1.00 bits per heavy atom. The minimum Gasteiger partial charge on any atom is -1.00 e. The Morgan fingerprint density at radius 3 is 1.00 bits per heavy atom. The van der Waals surface area contributed by atoms with E-state index in [4.69, 9.17) is 19.2 Å². The van der Waals surface area contributed by atoms with Crippen LogP contribution in [0.25, 0.3) is 0 Å². The average Bonchev–Trinajstić information content (AvgIpc) is 0.722. The Bertz CT molecular complexity index is 38.7. The van der Waals surface area contributed by atoms with Crippen LogP contribution in [-0.4, -0.2) is 45.6 Å². The molecule has 0 heterocycles. The van der Waals surface area contributed by atoms with Crippen LogP contribution in [0.5, 0.6) is 0 Å². The number of hydrogen-bond acceptors (Lipinski definition) is 4. The zero-order chi connectivity index (χ0) is 4.50. The SMILES string of the molecule is O[Si](O)(O)O.[AlH3].[H-].[H-].[K+].[Na+]. The molecule has 0 aromatic heterocycles. The van der Waals surface area contributed by atoms with Gasteiger partial charge in [-0.15, -0.1) is 0 Å². The minimum absolute atomic E-state index is 0. The topological polar surface area (TPSA) is 80.9 Å². The molecule has 0 fully saturated rings. The molecule has 0 atom stereocenters. The molecule has 0 rings (SSSR count). The van der Waals surface area contributed by atoms with Gasteiger partial charge >= 0.3 is 90.0 Å². The first-order chi connectivity index (χ1) is 2.00. The van der Waals surface area contributed by atoms with E-state index < -0.39 is 9.05 Å². The molecule has 0 radical (unpaired) electrons. The van der Waals surface area contributed by atoms with Crippen molar-refractivity contribution in [1.82, 2.24) is 0 Å². The van der Waals surface area contributed by atoms with Crippen molar-refractivity contribution < 1.29 is 103 Å². The Kier molecular flexibility index (Phi) is 28.7. The molecule has 42 valence electrons. The van der Waals surface area contributed by atoms with Gasteiger partial charge < -0.3 is 22.0 Å². The maximum absolute atomic E-state index is 7.33. The molecule has 0 aliphatic rings. The van der Waals surface area contributed by atoms with E-state index in [0.717, 1.165) is 0 Å². The van der Waals surface area contributed by atoms with Crippen LogP contribution < -0.4 is 80.9 Å². The fraction of sp³-hybridized carbons (Fsp3) is 0. The molecule has 0 aliphatic carbocycles. The van der Waals surface area contributed by atoms with Gasteiger partial charge in [-0.25, -0.2) is 0 Å². The first-order valence-electron chi connectivity index (χ1n) is 0.894. The molecule has 0 amide bonds. The summed E-state index contributed by atoms with van der Waals surface area (Å²) in [6.07, 6.45) is 0. The van der Waals surface area contributed by atoms with E-state index in [9.17, 15) is 0 Å². The summed E-state index contributed by atoms with van der Waals surface area (Å²) in [6.45, 7) is 0. The summed E-state index contributed by atoms with van der Waals surface area (Å²) in [5.74, 6) is 0. The second-order valence-corrected chi connectivity index (χ2v) is 1.80. The monoisotopic (exact) mass is 190 g/mol. The third kappa shape index (κ3) is 60.0. The van der Waals surface area contributed by atoms with E-state index in [-0.39, 0.29) is 101 Å². The van der Waals surface area contributed by atoms with Gasteiger partial charge in [0, 0.05) is 0 Å². The van der Waals surface area contributed by atoms with Gasteiger partial charge in [-0.1, -0.05) is 0 Å². The van der Waals surface area contributed by atoms with E-state index in [1.54, 1.807) is 0 Å². The van der Waals surface area contributed by atoms with Crippen molar-refractivity contribution in [2.24, 2.45) is 0 Å². The fourth-order valence-electron chi connectivity index (χ4n) is 0. The predicted molar refractivity (Wildman–Crippen MR) is 26.8 cm³/mol. The number of rotatable bonds is 0. The molecule has 0 bridgehead atoms. The van der Waals surface area contributed by atoms with Crippen LogP contribution in [0.3, 0.4) is 0 Å². The zero-order valence-electron chi connectivity index (χ0n) is 6.29. The summed E-state index contributed by atoms with van der Waals surface area (Å²) in [4.78, 5) is 29.3. The van der Waals surface area contributed by atoms with Crippen LogP contribution in [0.1, 0.15) is 2.85 Å². The second-order valence-electron chi connectivity index (χ2n) is 0.600. The Hall–Kier alpha value is 3.23. The van der Waals surface area contributed by atoms with Crippen molar-refractivity contribution in [2.75, 3.05) is 0 Å². The zero-order valence-corrected chi connectivity index (χ0v) is 10.4. The summed E-state index contributed by atoms with van der Waals surface area (Å²) < 4.78 is 0. The van der Waals surface area contributed by atoms with E-state index in [2.05, 4.69) is 0 Å². The Morgan fingerprint density at radius 1 is 1.00 bits per heavy atom. The van der Waals surface area contributed by atoms with Gasteiger partial charge in [-0.2, -0.15) is 0 Å². The summed E-state index contributed by atoms with van der Waals surface area (Å²) in [6, 6.07) is 0. The first-order valence-corrected chi connectivity index (χ1v) is 2.68. The quantitative estimate of drug-likeness (QED) is 0.286. The molecule has 0 saturated heterocycles. The molecule has 0 saturated carbocycles. The second kappa shape index (κ2) is 10.2. The van der Waals surface area contributed by atoms with Gasteiger partial charge in [0.15, 0.2) is 17.4 Å². The van der Waals surface area contributed by atoms with Gasteiger partial charge in [-0.05, 0) is 0 Å². The summed E-state index contributed by atoms with van der Waals surface area (Å²) >= 11 is 0. The molecule has 0 unspecified atom stereocenters. The minimum atomic E-state index is -4.61. The van der Waals surface area contributed by atoms with Gasteiger partial charge in [0.2, 0.25) is 0 Å². The third-order valence-electron chi connectivity index (χ3n) is 0. The van der Waals surface area contributed by atoms with Crippen molar-refractivity contribution >= 4 is 26.4 Å². The van der Waals surface area contributed by atoms with Crippen LogP contribution in [0.15, 0.2) is 0 Å². The smallest absolute Gasteiger partial charge is 1.00 e. The fourth-order valence-corrected chi connectivity index (χ4v) is 0. The van der Waals surface area contributed by atoms with E-state index in [1.165, 1.54) is 0 Å². The molecule has 0 aliphatic heterocycles. The molecule has 4 N–H and O–H groups in total. The Balaban J connectivity index is -0.00000000800. The molecular formula is H9AlKNaO4Si. The molecule has 0 aromatic rings. The summed E-state index contributed by atoms with van der Waals surface area (Å²) in [7, 11) is -4.61. The van der Waals surface area contributed by atoms with E-state index in [1.807, 2.05) is 0 Å². The van der Waals surface area contributed by atoms with Crippen molar-refractivity contribution in [2.45, 2.75) is 0 Å². The van der Waals surface area contributed by atoms with Crippen molar-refractivity contribution in [1.29, 1.82) is 0 Å². The van der Waals surface area contributed by atoms with Gasteiger partial charge in [-0.3, -0.25) is 0 Å². The van der Waals surface area contributed by atoms with Crippen LogP contribution >= 0.6 is 0 Å². The van der Waals surface area contributed by atoms with E-state index >= 15 is 0 Å². The molecule has 8 heteroatoms. The normalized spacial score (nSPS) is 7.50. The third-order valence-corrected chi connectivity index (χ3v) is 0. The molecule has 0 spiro atoms. The maximum atomic E-state index is 7.33. The molecule has 8 heavy (non-hydrogen) atoms. The van der Waals surface area contributed by atoms with Gasteiger partial charge in [0.05, 0.1) is 0 Å². The van der Waals surface area contributed by atoms with Crippen molar-refractivity contribution in [3.63, 3.8) is 0 Å². The van der Waals surface area contributed by atoms with E-state index in [0.29, 0.717) is 0 Å². The average molecular weight is 190 g/mol. The summed E-state index contributed by atoms with van der Waals surface area (Å²) in [5.41, 5.74) is 0. The van der Waals surface area contributed by atoms with Crippen LogP contribution in [0.2, 0.25) is 0 Å². The van der Waals surface area contributed by atoms with Gasteiger partial charge in [0.25, 0.3) is 0 Å². The predicted octanol–water partition coefficient (Wildman–Crippen LogP) is -9.56.